The first-order valence-electron chi connectivity index (χ1n) is 11.1. The maximum absolute atomic E-state index is 13.3. The number of rotatable bonds is 2. The molecular weight excluding hydrogens is 456 g/mol. The quantitative estimate of drug-likeness (QED) is 0.599. The van der Waals surface area contributed by atoms with Gasteiger partial charge < -0.3 is 15.0 Å². The fraction of sp³-hybridized carbons (Fsp3) is 0.375. The van der Waals surface area contributed by atoms with E-state index in [1.54, 1.807) is 29.2 Å². The predicted molar refractivity (Wildman–Crippen MR) is 126 cm³/mol. The third kappa shape index (κ3) is 3.44. The molecule has 1 N–H and O–H groups in total. The molecule has 10 heteroatoms. The Bertz CT molecular complexity index is 1400. The number of anilines is 1. The Morgan fingerprint density at radius 1 is 1.12 bits per heavy atom. The van der Waals surface area contributed by atoms with Crippen LogP contribution in [0.15, 0.2) is 53.7 Å². The number of ether oxygens (including phenoxy) is 1. The van der Waals surface area contributed by atoms with Gasteiger partial charge in [-0.05, 0) is 51.8 Å². The number of hydrogen-bond donors (Lipinski definition) is 1. The van der Waals surface area contributed by atoms with Crippen molar-refractivity contribution in [2.24, 2.45) is 0 Å². The number of carbonyl (C=O) groups excluding carboxylic acids is 2. The Morgan fingerprint density at radius 2 is 1.79 bits per heavy atom. The van der Waals surface area contributed by atoms with Crippen molar-refractivity contribution in [2.75, 3.05) is 18.4 Å². The SMILES string of the molecule is CC(C)(C)OC(=O)N1CCC2(CC1)C(=O)Nc1cnc3c(ccn3S(=O)(=O)c3ccccc3)c12. The lowest BCUT2D eigenvalue weighted by Gasteiger charge is -2.38. The zero-order valence-electron chi connectivity index (χ0n) is 19.2. The highest BCUT2D eigenvalue weighted by atomic mass is 32.2. The van der Waals surface area contributed by atoms with E-state index in [1.807, 2.05) is 20.8 Å². The summed E-state index contributed by atoms with van der Waals surface area (Å²) in [6.07, 6.45) is 3.40. The second-order valence-corrected chi connectivity index (χ2v) is 11.5. The number of fused-ring (bicyclic) bond motifs is 4. The van der Waals surface area contributed by atoms with Crippen LogP contribution in [0.4, 0.5) is 10.5 Å². The Kier molecular flexibility index (Phi) is 4.98. The largest absolute Gasteiger partial charge is 0.444 e. The van der Waals surface area contributed by atoms with Gasteiger partial charge in [-0.2, -0.15) is 0 Å². The van der Waals surface area contributed by atoms with E-state index < -0.39 is 27.1 Å². The van der Waals surface area contributed by atoms with Gasteiger partial charge >= 0.3 is 6.09 Å². The first-order chi connectivity index (χ1) is 16.0. The molecule has 0 atom stereocenters. The second-order valence-electron chi connectivity index (χ2n) is 9.72. The van der Waals surface area contributed by atoms with E-state index in [1.165, 1.54) is 24.5 Å². The maximum Gasteiger partial charge on any atom is 0.410 e. The lowest BCUT2D eigenvalue weighted by Crippen LogP contribution is -2.49. The summed E-state index contributed by atoms with van der Waals surface area (Å²) in [7, 11) is -3.85. The summed E-state index contributed by atoms with van der Waals surface area (Å²) in [6.45, 7) is 6.15. The normalized spacial score (nSPS) is 17.6. The average Bonchev–Trinajstić information content (AvgIpc) is 3.33. The van der Waals surface area contributed by atoms with Gasteiger partial charge in [0.1, 0.15) is 5.60 Å². The number of benzene rings is 1. The summed E-state index contributed by atoms with van der Waals surface area (Å²) in [6, 6.07) is 9.85. The molecule has 1 spiro atoms. The minimum absolute atomic E-state index is 0.153. The highest BCUT2D eigenvalue weighted by molar-refractivity contribution is 7.90. The third-order valence-corrected chi connectivity index (χ3v) is 8.09. The molecule has 2 aliphatic rings. The van der Waals surface area contributed by atoms with Crippen LogP contribution >= 0.6 is 0 Å². The molecule has 0 unspecified atom stereocenters. The molecular formula is C24H26N4O5S. The van der Waals surface area contributed by atoms with Gasteiger partial charge in [0.25, 0.3) is 10.0 Å². The monoisotopic (exact) mass is 482 g/mol. The van der Waals surface area contributed by atoms with Crippen LogP contribution in [0, 0.1) is 0 Å². The van der Waals surface area contributed by atoms with Gasteiger partial charge in [-0.1, -0.05) is 18.2 Å². The van der Waals surface area contributed by atoms with E-state index in [9.17, 15) is 18.0 Å². The number of likely N-dealkylation sites (tertiary alicyclic amines) is 1. The molecule has 5 rings (SSSR count). The van der Waals surface area contributed by atoms with Crippen molar-refractivity contribution in [1.29, 1.82) is 0 Å². The number of aromatic nitrogens is 2. The van der Waals surface area contributed by atoms with Crippen LogP contribution in [0.2, 0.25) is 0 Å². The summed E-state index contributed by atoms with van der Waals surface area (Å²) in [4.78, 5) is 31.9. The van der Waals surface area contributed by atoms with E-state index in [0.29, 0.717) is 37.0 Å². The van der Waals surface area contributed by atoms with E-state index in [-0.39, 0.29) is 16.4 Å². The topological polar surface area (TPSA) is 111 Å². The van der Waals surface area contributed by atoms with E-state index in [2.05, 4.69) is 10.3 Å². The van der Waals surface area contributed by atoms with Crippen LogP contribution in [0.5, 0.6) is 0 Å². The van der Waals surface area contributed by atoms with Crippen molar-refractivity contribution in [1.82, 2.24) is 13.9 Å². The second kappa shape index (κ2) is 7.56. The summed E-state index contributed by atoms with van der Waals surface area (Å²) in [5, 5.41) is 3.53. The molecule has 1 fully saturated rings. The first-order valence-corrected chi connectivity index (χ1v) is 12.6. The number of amides is 2. The predicted octanol–water partition coefficient (Wildman–Crippen LogP) is 3.49. The molecule has 4 heterocycles. The van der Waals surface area contributed by atoms with Crippen molar-refractivity contribution in [3.63, 3.8) is 0 Å². The van der Waals surface area contributed by atoms with Crippen molar-refractivity contribution in [3.05, 3.63) is 54.4 Å². The Morgan fingerprint density at radius 3 is 2.44 bits per heavy atom. The maximum atomic E-state index is 13.3. The molecule has 3 aromatic rings. The van der Waals surface area contributed by atoms with Crippen LogP contribution in [-0.4, -0.2) is 53.0 Å². The zero-order valence-corrected chi connectivity index (χ0v) is 20.1. The molecule has 2 amide bonds. The summed E-state index contributed by atoms with van der Waals surface area (Å²) < 4.78 is 33.2. The minimum Gasteiger partial charge on any atom is -0.444 e. The van der Waals surface area contributed by atoms with Crippen LogP contribution in [-0.2, 0) is 25.0 Å². The van der Waals surface area contributed by atoms with Crippen LogP contribution < -0.4 is 5.32 Å². The summed E-state index contributed by atoms with van der Waals surface area (Å²) >= 11 is 0. The van der Waals surface area contributed by atoms with Crippen molar-refractivity contribution in [2.45, 2.75) is 49.5 Å². The molecule has 0 radical (unpaired) electrons. The van der Waals surface area contributed by atoms with Gasteiger partial charge in [0.15, 0.2) is 5.65 Å². The lowest BCUT2D eigenvalue weighted by atomic mass is 9.73. The zero-order chi connectivity index (χ0) is 24.3. The smallest absolute Gasteiger partial charge is 0.410 e. The fourth-order valence-electron chi connectivity index (χ4n) is 4.80. The van der Waals surface area contributed by atoms with Gasteiger partial charge in [0, 0.05) is 30.2 Å². The highest BCUT2D eigenvalue weighted by Crippen LogP contribution is 2.48. The van der Waals surface area contributed by atoms with Gasteiger partial charge in [0.05, 0.1) is 22.2 Å². The average molecular weight is 483 g/mol. The van der Waals surface area contributed by atoms with Crippen molar-refractivity contribution in [3.8, 4) is 0 Å². The number of hydrogen-bond acceptors (Lipinski definition) is 6. The third-order valence-electron chi connectivity index (χ3n) is 6.41. The Labute approximate surface area is 197 Å². The lowest BCUT2D eigenvalue weighted by molar-refractivity contribution is -0.122. The molecule has 2 aliphatic heterocycles. The van der Waals surface area contributed by atoms with Crippen molar-refractivity contribution < 1.29 is 22.7 Å². The van der Waals surface area contributed by atoms with Crippen LogP contribution in [0.25, 0.3) is 11.0 Å². The number of nitrogens with zero attached hydrogens (tertiary/aromatic N) is 3. The summed E-state index contributed by atoms with van der Waals surface area (Å²) in [5.74, 6) is -0.153. The van der Waals surface area contributed by atoms with Gasteiger partial charge in [0.2, 0.25) is 5.91 Å². The number of piperidine rings is 1. The van der Waals surface area contributed by atoms with Gasteiger partial charge in [-0.3, -0.25) is 4.79 Å². The van der Waals surface area contributed by atoms with Gasteiger partial charge in [-0.25, -0.2) is 22.2 Å². The Hall–Kier alpha value is -3.40. The van der Waals surface area contributed by atoms with Crippen LogP contribution in [0.1, 0.15) is 39.2 Å². The molecule has 1 saturated heterocycles. The minimum atomic E-state index is -3.85. The molecule has 2 aromatic heterocycles. The molecule has 9 nitrogen and oxygen atoms in total. The molecule has 178 valence electrons. The van der Waals surface area contributed by atoms with E-state index in [0.717, 1.165) is 9.54 Å². The summed E-state index contributed by atoms with van der Waals surface area (Å²) in [5.41, 5.74) is 0.131. The molecule has 0 aliphatic carbocycles. The fourth-order valence-corrected chi connectivity index (χ4v) is 6.13. The van der Waals surface area contributed by atoms with Crippen molar-refractivity contribution >= 4 is 38.7 Å². The first kappa shape index (κ1) is 22.4. The van der Waals surface area contributed by atoms with Crippen LogP contribution in [0.3, 0.4) is 0 Å². The number of pyridine rings is 1. The Balaban J connectivity index is 1.53. The van der Waals surface area contributed by atoms with E-state index in [4.69, 9.17) is 4.74 Å². The highest BCUT2D eigenvalue weighted by Gasteiger charge is 2.50. The molecule has 0 saturated carbocycles. The molecule has 1 aromatic carbocycles. The molecule has 0 bridgehead atoms. The van der Waals surface area contributed by atoms with E-state index >= 15 is 0 Å². The standard InChI is InChI=1S/C24H26N4O5S/c1-23(2,3)33-22(30)27-13-10-24(11-14-27)19-17-9-12-28(20(17)25-15-18(19)26-21(24)29)34(31,32)16-7-5-4-6-8-16/h4-9,12,15H,10-11,13-14H2,1-3H3,(H,26,29). The number of nitrogens with one attached hydrogen (secondary N) is 1. The molecule has 34 heavy (non-hydrogen) atoms. The number of carbonyl (C=O) groups is 2. The van der Waals surface area contributed by atoms with Gasteiger partial charge in [-0.15, -0.1) is 0 Å².